The molecule has 37 heavy (non-hydrogen) atoms. The number of esters is 1. The first kappa shape index (κ1) is 28.2. The molecule has 0 aliphatic rings. The SMILES string of the molecule is C=CCOc1ccc(C(C)(CCCOC(=O)C(C)(C)Br)c2ccc(Oc3ccc(C=O)cc3)cc2)cc1. The molecule has 0 aromatic heterocycles. The van der Waals surface area contributed by atoms with Crippen LogP contribution >= 0.6 is 15.9 Å². The second kappa shape index (κ2) is 12.7. The molecule has 3 aromatic rings. The zero-order valence-corrected chi connectivity index (χ0v) is 23.1. The summed E-state index contributed by atoms with van der Waals surface area (Å²) in [5.74, 6) is 1.86. The Morgan fingerprint density at radius 1 is 0.865 bits per heavy atom. The summed E-state index contributed by atoms with van der Waals surface area (Å²) in [7, 11) is 0. The molecule has 3 rings (SSSR count). The van der Waals surface area contributed by atoms with E-state index in [1.54, 1.807) is 44.2 Å². The van der Waals surface area contributed by atoms with Crippen LogP contribution in [0.1, 0.15) is 55.1 Å². The van der Waals surface area contributed by atoms with Crippen molar-refractivity contribution in [2.24, 2.45) is 0 Å². The predicted octanol–water partition coefficient (Wildman–Crippen LogP) is 7.66. The van der Waals surface area contributed by atoms with E-state index in [0.717, 1.165) is 29.6 Å². The van der Waals surface area contributed by atoms with Gasteiger partial charge in [-0.1, -0.05) is 59.8 Å². The van der Waals surface area contributed by atoms with E-state index in [1.807, 2.05) is 24.3 Å². The highest BCUT2D eigenvalue weighted by Crippen LogP contribution is 2.38. The van der Waals surface area contributed by atoms with Crippen LogP contribution in [0.2, 0.25) is 0 Å². The van der Waals surface area contributed by atoms with Gasteiger partial charge in [0.1, 0.15) is 34.5 Å². The highest BCUT2D eigenvalue weighted by atomic mass is 79.9. The Bertz CT molecular complexity index is 1180. The second-order valence-corrected chi connectivity index (χ2v) is 11.5. The molecule has 6 heteroatoms. The predicted molar refractivity (Wildman–Crippen MR) is 150 cm³/mol. The van der Waals surface area contributed by atoms with Gasteiger partial charge < -0.3 is 14.2 Å². The maximum atomic E-state index is 12.2. The first-order valence-electron chi connectivity index (χ1n) is 12.2. The maximum Gasteiger partial charge on any atom is 0.322 e. The average Bonchev–Trinajstić information content (AvgIpc) is 2.90. The van der Waals surface area contributed by atoms with E-state index in [0.29, 0.717) is 36.7 Å². The van der Waals surface area contributed by atoms with Crippen LogP contribution < -0.4 is 9.47 Å². The Morgan fingerprint density at radius 2 is 1.38 bits per heavy atom. The molecule has 194 valence electrons. The van der Waals surface area contributed by atoms with Crippen LogP contribution in [0.3, 0.4) is 0 Å². The Labute approximate surface area is 227 Å². The molecule has 0 fully saturated rings. The summed E-state index contributed by atoms with van der Waals surface area (Å²) in [5, 5.41) is 0. The van der Waals surface area contributed by atoms with E-state index in [1.165, 1.54) is 0 Å². The van der Waals surface area contributed by atoms with Gasteiger partial charge in [-0.15, -0.1) is 0 Å². The first-order valence-corrected chi connectivity index (χ1v) is 13.0. The number of aldehydes is 1. The van der Waals surface area contributed by atoms with E-state index >= 15 is 0 Å². The minimum atomic E-state index is -0.707. The van der Waals surface area contributed by atoms with Crippen molar-refractivity contribution >= 4 is 28.2 Å². The second-order valence-electron chi connectivity index (χ2n) is 9.48. The van der Waals surface area contributed by atoms with E-state index in [9.17, 15) is 9.59 Å². The summed E-state index contributed by atoms with van der Waals surface area (Å²) in [6.45, 7) is 10.2. The molecule has 0 saturated carbocycles. The van der Waals surface area contributed by atoms with Crippen molar-refractivity contribution < 1.29 is 23.8 Å². The number of halogens is 1. The highest BCUT2D eigenvalue weighted by Gasteiger charge is 2.30. The van der Waals surface area contributed by atoms with E-state index in [-0.39, 0.29) is 11.4 Å². The largest absolute Gasteiger partial charge is 0.490 e. The number of carbonyl (C=O) groups is 2. The summed E-state index contributed by atoms with van der Waals surface area (Å²) >= 11 is 3.35. The molecule has 0 heterocycles. The van der Waals surface area contributed by atoms with Gasteiger partial charge in [0.25, 0.3) is 0 Å². The lowest BCUT2D eigenvalue weighted by molar-refractivity contribution is -0.145. The quantitative estimate of drug-likeness (QED) is 0.0700. The molecular formula is C31H33BrO5. The van der Waals surface area contributed by atoms with Gasteiger partial charge in [0.2, 0.25) is 0 Å². The number of carbonyl (C=O) groups excluding carboxylic acids is 2. The topological polar surface area (TPSA) is 61.8 Å². The van der Waals surface area contributed by atoms with Crippen molar-refractivity contribution in [1.82, 2.24) is 0 Å². The Balaban J connectivity index is 1.80. The van der Waals surface area contributed by atoms with Gasteiger partial charge in [0.15, 0.2) is 0 Å². The van der Waals surface area contributed by atoms with Gasteiger partial charge in [-0.25, -0.2) is 0 Å². The fraction of sp³-hybridized carbons (Fsp3) is 0.290. The lowest BCUT2D eigenvalue weighted by Gasteiger charge is -2.31. The smallest absolute Gasteiger partial charge is 0.322 e. The number of benzene rings is 3. The third-order valence-electron chi connectivity index (χ3n) is 6.14. The van der Waals surface area contributed by atoms with Crippen LogP contribution in [0.15, 0.2) is 85.5 Å². The summed E-state index contributed by atoms with van der Waals surface area (Å²) in [6.07, 6.45) is 3.98. The third kappa shape index (κ3) is 7.80. The molecule has 0 aliphatic heterocycles. The van der Waals surface area contributed by atoms with Gasteiger partial charge in [0, 0.05) is 11.0 Å². The lowest BCUT2D eigenvalue weighted by atomic mass is 9.73. The summed E-state index contributed by atoms with van der Waals surface area (Å²) in [4.78, 5) is 23.0. The summed E-state index contributed by atoms with van der Waals surface area (Å²) in [5.41, 5.74) is 2.51. The van der Waals surface area contributed by atoms with Crippen molar-refractivity contribution in [3.05, 3.63) is 102 Å². The van der Waals surface area contributed by atoms with Crippen molar-refractivity contribution in [3.63, 3.8) is 0 Å². The number of alkyl halides is 1. The van der Waals surface area contributed by atoms with Gasteiger partial charge >= 0.3 is 5.97 Å². The Hall–Kier alpha value is -3.38. The Morgan fingerprint density at radius 3 is 1.86 bits per heavy atom. The molecule has 0 radical (unpaired) electrons. The number of rotatable bonds is 13. The van der Waals surface area contributed by atoms with Crippen LogP contribution in [-0.2, 0) is 14.9 Å². The molecule has 0 bridgehead atoms. The van der Waals surface area contributed by atoms with Crippen molar-refractivity contribution in [3.8, 4) is 17.2 Å². The monoisotopic (exact) mass is 564 g/mol. The van der Waals surface area contributed by atoms with Gasteiger partial charge in [-0.2, -0.15) is 0 Å². The Kier molecular flexibility index (Phi) is 9.70. The zero-order valence-electron chi connectivity index (χ0n) is 21.5. The molecule has 3 aromatic carbocycles. The normalized spacial score (nSPS) is 12.8. The number of hydrogen-bond acceptors (Lipinski definition) is 5. The van der Waals surface area contributed by atoms with Gasteiger partial charge in [-0.3, -0.25) is 9.59 Å². The van der Waals surface area contributed by atoms with Crippen LogP contribution in [0, 0.1) is 0 Å². The zero-order chi connectivity index (χ0) is 26.9. The van der Waals surface area contributed by atoms with Gasteiger partial charge in [-0.05, 0) is 86.3 Å². The third-order valence-corrected chi connectivity index (χ3v) is 6.47. The van der Waals surface area contributed by atoms with Crippen LogP contribution in [0.25, 0.3) is 0 Å². The molecule has 0 N–H and O–H groups in total. The van der Waals surface area contributed by atoms with E-state index in [4.69, 9.17) is 14.2 Å². The lowest BCUT2D eigenvalue weighted by Crippen LogP contribution is -2.28. The standard InChI is InChI=1S/C31H33BrO5/c1-5-20-35-26-15-9-24(10-16-26)31(4,19-6-21-36-29(34)30(2,3)32)25-11-17-28(18-12-25)37-27-13-7-23(22-33)8-14-27/h5,7-18,22H,1,6,19-21H2,2-4H3. The first-order chi connectivity index (χ1) is 17.7. The number of ether oxygens (including phenoxy) is 3. The van der Waals surface area contributed by atoms with Crippen molar-refractivity contribution in [2.45, 2.75) is 43.4 Å². The fourth-order valence-corrected chi connectivity index (χ4v) is 4.05. The molecule has 0 aliphatic carbocycles. The molecule has 1 unspecified atom stereocenters. The van der Waals surface area contributed by atoms with Crippen LogP contribution in [0.4, 0.5) is 0 Å². The minimum Gasteiger partial charge on any atom is -0.490 e. The molecular weight excluding hydrogens is 532 g/mol. The van der Waals surface area contributed by atoms with Crippen molar-refractivity contribution in [1.29, 1.82) is 0 Å². The highest BCUT2D eigenvalue weighted by molar-refractivity contribution is 9.10. The fourth-order valence-electron chi connectivity index (χ4n) is 3.93. The molecule has 1 atom stereocenters. The number of hydrogen-bond donors (Lipinski definition) is 0. The van der Waals surface area contributed by atoms with E-state index < -0.39 is 4.32 Å². The summed E-state index contributed by atoms with van der Waals surface area (Å²) < 4.78 is 16.4. The maximum absolute atomic E-state index is 12.2. The molecule has 5 nitrogen and oxygen atoms in total. The van der Waals surface area contributed by atoms with E-state index in [2.05, 4.69) is 53.7 Å². The molecule has 0 saturated heterocycles. The summed E-state index contributed by atoms with van der Waals surface area (Å²) in [6, 6.07) is 23.1. The molecule has 0 spiro atoms. The van der Waals surface area contributed by atoms with Gasteiger partial charge in [0.05, 0.1) is 6.61 Å². The average molecular weight is 566 g/mol. The molecule has 0 amide bonds. The minimum absolute atomic E-state index is 0.277. The van der Waals surface area contributed by atoms with Crippen LogP contribution in [0.5, 0.6) is 17.2 Å². The van der Waals surface area contributed by atoms with Crippen LogP contribution in [-0.4, -0.2) is 29.8 Å². The van der Waals surface area contributed by atoms with Crippen molar-refractivity contribution in [2.75, 3.05) is 13.2 Å².